The highest BCUT2D eigenvalue weighted by Gasteiger charge is 2.41. The monoisotopic (exact) mass is 508 g/mol. The van der Waals surface area contributed by atoms with Crippen LogP contribution in [0.2, 0.25) is 0 Å². The van der Waals surface area contributed by atoms with Crippen LogP contribution in [0, 0.1) is 5.41 Å². The van der Waals surface area contributed by atoms with Crippen molar-refractivity contribution in [3.05, 3.63) is 30.0 Å². The zero-order valence-electron chi connectivity index (χ0n) is 22.0. The zero-order valence-corrected chi connectivity index (χ0v) is 22.0. The van der Waals surface area contributed by atoms with E-state index < -0.39 is 5.41 Å². The third-order valence-electron chi connectivity index (χ3n) is 7.57. The van der Waals surface area contributed by atoms with Gasteiger partial charge in [-0.3, -0.25) is 9.59 Å². The summed E-state index contributed by atoms with van der Waals surface area (Å²) >= 11 is 0. The van der Waals surface area contributed by atoms with E-state index in [0.717, 1.165) is 25.1 Å². The van der Waals surface area contributed by atoms with E-state index in [1.807, 2.05) is 13.8 Å². The fourth-order valence-electron chi connectivity index (χ4n) is 5.50. The molecule has 2 aliphatic heterocycles. The molecule has 1 atom stereocenters. The summed E-state index contributed by atoms with van der Waals surface area (Å²) in [6.45, 7) is 5.79. The van der Waals surface area contributed by atoms with Crippen molar-refractivity contribution in [2.75, 3.05) is 49.0 Å². The molecule has 5 rings (SSSR count). The number of amides is 2. The Morgan fingerprint density at radius 3 is 2.70 bits per heavy atom. The van der Waals surface area contributed by atoms with Crippen molar-refractivity contribution in [1.82, 2.24) is 15.3 Å². The first kappa shape index (κ1) is 25.3. The largest absolute Gasteiger partial charge is 0.495 e. The number of anilines is 4. The van der Waals surface area contributed by atoms with E-state index in [1.165, 1.54) is 12.8 Å². The number of hydrogen-bond donors (Lipinski definition) is 2. The molecule has 3 heterocycles. The smallest absolute Gasteiger partial charge is 0.251 e. The molecule has 0 radical (unpaired) electrons. The molecule has 37 heavy (non-hydrogen) atoms. The number of methoxy groups -OCH3 is 1. The second-order valence-electron chi connectivity index (χ2n) is 10.8. The summed E-state index contributed by atoms with van der Waals surface area (Å²) in [7, 11) is 3.36. The normalized spacial score (nSPS) is 21.5. The van der Waals surface area contributed by atoms with Gasteiger partial charge < -0.3 is 29.9 Å². The molecule has 1 aliphatic carbocycles. The van der Waals surface area contributed by atoms with Crippen LogP contribution in [0.5, 0.6) is 5.75 Å². The van der Waals surface area contributed by atoms with Crippen LogP contribution in [-0.4, -0.2) is 67.8 Å². The molecule has 198 valence electrons. The van der Waals surface area contributed by atoms with E-state index in [9.17, 15) is 9.59 Å². The number of hydrogen-bond acceptors (Lipinski definition) is 8. The molecule has 1 aromatic heterocycles. The number of benzene rings is 1. The number of nitrogens with zero attached hydrogens (tertiary/aromatic N) is 4. The van der Waals surface area contributed by atoms with Crippen LogP contribution < -0.4 is 25.2 Å². The molecule has 0 spiro atoms. The maximum absolute atomic E-state index is 13.2. The van der Waals surface area contributed by atoms with Crippen molar-refractivity contribution in [1.29, 1.82) is 0 Å². The van der Waals surface area contributed by atoms with Crippen LogP contribution in [-0.2, 0) is 9.53 Å². The minimum atomic E-state index is -0.546. The molecule has 2 N–H and O–H groups in total. The van der Waals surface area contributed by atoms with Crippen LogP contribution in [0.3, 0.4) is 0 Å². The lowest BCUT2D eigenvalue weighted by atomic mass is 9.91. The van der Waals surface area contributed by atoms with Crippen LogP contribution in [0.15, 0.2) is 24.4 Å². The lowest BCUT2D eigenvalue weighted by molar-refractivity contribution is -0.125. The van der Waals surface area contributed by atoms with Crippen LogP contribution in [0.4, 0.5) is 23.1 Å². The fraction of sp³-hybridized carbons (Fsp3) is 0.556. The number of carbonyl (C=O) groups excluding carboxylic acids is 2. The van der Waals surface area contributed by atoms with Gasteiger partial charge in [0.15, 0.2) is 5.82 Å². The van der Waals surface area contributed by atoms with Gasteiger partial charge in [-0.15, -0.1) is 0 Å². The van der Waals surface area contributed by atoms with Gasteiger partial charge in [-0.2, -0.15) is 4.98 Å². The summed E-state index contributed by atoms with van der Waals surface area (Å²) < 4.78 is 10.9. The molecule has 0 unspecified atom stereocenters. The highest BCUT2D eigenvalue weighted by molar-refractivity contribution is 6.01. The molecular formula is C27H36N6O4. The van der Waals surface area contributed by atoms with Crippen molar-refractivity contribution in [3.8, 4) is 5.75 Å². The highest BCUT2D eigenvalue weighted by atomic mass is 16.5. The molecule has 1 saturated heterocycles. The highest BCUT2D eigenvalue weighted by Crippen LogP contribution is 2.40. The van der Waals surface area contributed by atoms with Crippen molar-refractivity contribution in [3.63, 3.8) is 0 Å². The topological polar surface area (TPSA) is 109 Å². The maximum atomic E-state index is 13.2. The van der Waals surface area contributed by atoms with Crippen molar-refractivity contribution in [2.24, 2.45) is 5.41 Å². The summed E-state index contributed by atoms with van der Waals surface area (Å²) in [5.74, 6) is 1.57. The zero-order chi connectivity index (χ0) is 26.2. The predicted molar refractivity (Wildman–Crippen MR) is 142 cm³/mol. The maximum Gasteiger partial charge on any atom is 0.251 e. The number of aromatic nitrogens is 2. The van der Waals surface area contributed by atoms with Crippen molar-refractivity contribution < 1.29 is 19.1 Å². The Morgan fingerprint density at radius 2 is 2.00 bits per heavy atom. The van der Waals surface area contributed by atoms with E-state index in [2.05, 4.69) is 20.5 Å². The van der Waals surface area contributed by atoms with E-state index in [4.69, 9.17) is 14.5 Å². The minimum absolute atomic E-state index is 0.0297. The molecule has 10 nitrogen and oxygen atoms in total. The second kappa shape index (κ2) is 10.2. The van der Waals surface area contributed by atoms with Gasteiger partial charge in [-0.25, -0.2) is 4.98 Å². The summed E-state index contributed by atoms with van der Waals surface area (Å²) in [6.07, 6.45) is 7.07. The summed E-state index contributed by atoms with van der Waals surface area (Å²) in [5.41, 5.74) is 1.32. The molecule has 1 aromatic carbocycles. The summed E-state index contributed by atoms with van der Waals surface area (Å²) in [4.78, 5) is 39.3. The molecule has 0 bridgehead atoms. The molecular weight excluding hydrogens is 472 g/mol. The van der Waals surface area contributed by atoms with Crippen molar-refractivity contribution >= 4 is 35.0 Å². The average Bonchev–Trinajstić information content (AvgIpc) is 3.60. The Kier molecular flexibility index (Phi) is 6.94. The van der Waals surface area contributed by atoms with Gasteiger partial charge in [-0.1, -0.05) is 12.8 Å². The number of rotatable bonds is 6. The van der Waals surface area contributed by atoms with Gasteiger partial charge in [0.05, 0.1) is 37.1 Å². The van der Waals surface area contributed by atoms with Gasteiger partial charge in [0.25, 0.3) is 5.91 Å². The Hall–Kier alpha value is -3.40. The van der Waals surface area contributed by atoms with Crippen molar-refractivity contribution in [2.45, 2.75) is 58.0 Å². The minimum Gasteiger partial charge on any atom is -0.495 e. The molecule has 2 fully saturated rings. The molecule has 10 heteroatoms. The summed E-state index contributed by atoms with van der Waals surface area (Å²) in [6, 6.07) is 5.62. The Bertz CT molecular complexity index is 1170. The predicted octanol–water partition coefficient (Wildman–Crippen LogP) is 3.50. The Balaban J connectivity index is 1.43. The Morgan fingerprint density at radius 1 is 1.22 bits per heavy atom. The first-order valence-corrected chi connectivity index (χ1v) is 13.0. The third-order valence-corrected chi connectivity index (χ3v) is 7.57. The standard InChI is InChI=1S/C27H36N6O4/c1-27(2)16-33(19-7-5-6-8-19)23-21(32(3)25(27)35)14-28-26(31-23)30-20-10-9-17(13-22(20)36-4)24(34)29-18-11-12-37-15-18/h9-10,13-14,18-19H,5-8,11-12,15-16H2,1-4H3,(H,29,34)(H,28,30,31)/t18-/m1/s1. The first-order valence-electron chi connectivity index (χ1n) is 13.0. The molecule has 2 aromatic rings. The number of carbonyl (C=O) groups is 2. The molecule has 2 amide bonds. The number of fused-ring (bicyclic) bond motifs is 1. The van der Waals surface area contributed by atoms with Gasteiger partial charge in [0.1, 0.15) is 11.4 Å². The van der Waals surface area contributed by atoms with E-state index in [-0.39, 0.29) is 17.9 Å². The number of ether oxygens (including phenoxy) is 2. The molecule has 3 aliphatic rings. The first-order chi connectivity index (χ1) is 17.8. The third kappa shape index (κ3) is 5.07. The number of nitrogens with one attached hydrogen (secondary N) is 2. The van der Waals surface area contributed by atoms with E-state index in [1.54, 1.807) is 43.5 Å². The van der Waals surface area contributed by atoms with Crippen LogP contribution >= 0.6 is 0 Å². The van der Waals surface area contributed by atoms with E-state index in [0.29, 0.717) is 54.4 Å². The van der Waals surface area contributed by atoms with E-state index >= 15 is 0 Å². The van der Waals surface area contributed by atoms with Gasteiger partial charge in [-0.05, 0) is 51.3 Å². The molecule has 1 saturated carbocycles. The van der Waals surface area contributed by atoms with Crippen LogP contribution in [0.1, 0.15) is 56.3 Å². The lowest BCUT2D eigenvalue weighted by Gasteiger charge is -2.34. The SMILES string of the molecule is COc1cc(C(=O)N[C@@H]2CCOC2)ccc1Nc1ncc2c(n1)N(C1CCCC1)CC(C)(C)C(=O)N2C. The van der Waals surface area contributed by atoms with Gasteiger partial charge in [0, 0.05) is 31.8 Å². The van der Waals surface area contributed by atoms with Gasteiger partial charge in [0.2, 0.25) is 11.9 Å². The van der Waals surface area contributed by atoms with Crippen LogP contribution in [0.25, 0.3) is 0 Å². The summed E-state index contributed by atoms with van der Waals surface area (Å²) in [5, 5.41) is 6.26. The fourth-order valence-corrected chi connectivity index (χ4v) is 5.50. The Labute approximate surface area is 217 Å². The lowest BCUT2D eigenvalue weighted by Crippen LogP contribution is -2.45. The van der Waals surface area contributed by atoms with Gasteiger partial charge >= 0.3 is 0 Å². The average molecular weight is 509 g/mol. The second-order valence-corrected chi connectivity index (χ2v) is 10.8. The quantitative estimate of drug-likeness (QED) is 0.610.